The van der Waals surface area contributed by atoms with E-state index >= 15 is 13.2 Å². The van der Waals surface area contributed by atoms with Crippen LogP contribution in [0.1, 0.15) is 55.6 Å². The number of halogens is 27. The maximum absolute atomic E-state index is 16.4. The van der Waals surface area contributed by atoms with E-state index in [1.54, 1.807) is 6.07 Å². The van der Waals surface area contributed by atoms with Gasteiger partial charge in [0.15, 0.2) is 0 Å². The van der Waals surface area contributed by atoms with Gasteiger partial charge in [-0.05, 0) is 171 Å². The van der Waals surface area contributed by atoms with Crippen LogP contribution in [0, 0.1) is 11.3 Å². The number of nitrogens with zero attached hydrogens (tertiary/aromatic N) is 3. The molecule has 2 heterocycles. The molecular weight excluding hydrogens is 1400 g/mol. The fourth-order valence-electron chi connectivity index (χ4n) is 11.9. The lowest BCUT2D eigenvalue weighted by molar-refractivity contribution is -0.144. The lowest BCUT2D eigenvalue weighted by Gasteiger charge is -2.23. The summed E-state index contributed by atoms with van der Waals surface area (Å²) in [7, 11) is 0. The first-order chi connectivity index (χ1) is 46.1. The van der Waals surface area contributed by atoms with Crippen LogP contribution in [-0.2, 0) is 55.6 Å². The van der Waals surface area contributed by atoms with Gasteiger partial charge in [0, 0.05) is 27.1 Å². The summed E-state index contributed by atoms with van der Waals surface area (Å²) in [6, 6.07) is 19.2. The molecule has 0 fully saturated rings. The molecule has 0 aliphatic heterocycles. The average molecular weight is 1430 g/mol. The molecule has 10 aromatic carbocycles. The molecule has 0 aliphatic rings. The Balaban J connectivity index is 1.30. The minimum atomic E-state index is -5.68. The minimum absolute atomic E-state index is 0.228. The normalized spacial score (nSPS) is 13.3. The Hall–Kier alpha value is -10.6. The molecule has 0 unspecified atom stereocenters. The molecule has 0 saturated heterocycles. The van der Waals surface area contributed by atoms with Crippen LogP contribution < -0.4 is 0 Å². The largest absolute Gasteiger partial charge is 0.416 e. The number of fused-ring (bicyclic) bond motifs is 6. The van der Waals surface area contributed by atoms with E-state index in [0.29, 0.717) is 12.1 Å². The topological polar surface area (TPSA) is 33.6 Å². The number of nitriles is 1. The predicted octanol–water partition coefficient (Wildman–Crippen LogP) is 25.3. The van der Waals surface area contributed by atoms with Gasteiger partial charge >= 0.3 is 55.6 Å². The van der Waals surface area contributed by atoms with Gasteiger partial charge in [0.2, 0.25) is 0 Å². The van der Waals surface area contributed by atoms with Crippen molar-refractivity contribution in [3.63, 3.8) is 0 Å². The Labute approximate surface area is 541 Å². The van der Waals surface area contributed by atoms with Crippen LogP contribution in [0.25, 0.3) is 111 Å². The summed E-state index contributed by atoms with van der Waals surface area (Å²) in [5.74, 6) is 0. The first-order valence-electron chi connectivity index (χ1n) is 28.3. The first-order valence-corrected chi connectivity index (χ1v) is 28.3. The molecule has 0 N–H and O–H groups in total. The quantitative estimate of drug-likeness (QED) is 0.146. The molecule has 12 aromatic rings. The van der Waals surface area contributed by atoms with Crippen LogP contribution >= 0.6 is 0 Å². The van der Waals surface area contributed by atoms with Crippen molar-refractivity contribution < 1.29 is 119 Å². The molecular formula is C70H30F27N3. The van der Waals surface area contributed by atoms with Gasteiger partial charge in [0.05, 0.1) is 95.1 Å². The summed E-state index contributed by atoms with van der Waals surface area (Å²) >= 11 is 0. The summed E-state index contributed by atoms with van der Waals surface area (Å²) in [6.07, 6.45) is -49.7. The smallest absolute Gasteiger partial charge is 0.308 e. The molecule has 0 atom stereocenters. The van der Waals surface area contributed by atoms with Crippen LogP contribution in [0.15, 0.2) is 182 Å². The summed E-state index contributed by atoms with van der Waals surface area (Å²) < 4.78 is 399. The summed E-state index contributed by atoms with van der Waals surface area (Å²) in [5.41, 5.74) is -28.1. The van der Waals surface area contributed by atoms with Gasteiger partial charge in [-0.15, -0.1) is 0 Å². The predicted molar refractivity (Wildman–Crippen MR) is 312 cm³/mol. The Morgan fingerprint density at radius 2 is 0.440 bits per heavy atom. The van der Waals surface area contributed by atoms with Gasteiger partial charge < -0.3 is 9.13 Å². The molecule has 514 valence electrons. The molecule has 2 aromatic heterocycles. The Bertz CT molecular complexity index is 4670. The van der Waals surface area contributed by atoms with Gasteiger partial charge in [0.1, 0.15) is 0 Å². The van der Waals surface area contributed by atoms with E-state index in [2.05, 4.69) is 0 Å². The third-order valence-corrected chi connectivity index (χ3v) is 16.4. The molecule has 0 bridgehead atoms. The Morgan fingerprint density at radius 3 is 0.650 bits per heavy atom. The van der Waals surface area contributed by atoms with Crippen molar-refractivity contribution in [2.45, 2.75) is 55.6 Å². The highest BCUT2D eigenvalue weighted by atomic mass is 19.4. The summed E-state index contributed by atoms with van der Waals surface area (Å²) in [6.45, 7) is 0. The maximum atomic E-state index is 16.4. The summed E-state index contributed by atoms with van der Waals surface area (Å²) in [4.78, 5) is 0. The van der Waals surface area contributed by atoms with Crippen molar-refractivity contribution in [2.75, 3.05) is 0 Å². The molecule has 0 radical (unpaired) electrons. The summed E-state index contributed by atoms with van der Waals surface area (Å²) in [5, 5.41) is 9.46. The fraction of sp³-hybridized carbons (Fsp3) is 0.129. The van der Waals surface area contributed by atoms with E-state index in [9.17, 15) is 111 Å². The molecule has 12 rings (SSSR count). The standard InChI is InChI=1S/C70H30F27N3/c71-62(72,73)42-13-38(14-43(25-42)63(74,75)76)33-4-8-51-52-9-5-34(39-15-44(64(77,78)79)26-45(16-39)65(80,81)82)22-56(52)99(55(51)21-33)59-29-50(70(95,96)97)30-60(61(59)37-3-1-2-32(12-37)31-98)100-57-23-35(40-17-46(66(83,84)85)27-47(18-40)67(86,87)88)6-10-53(57)54-11-7-36(24-58(54)100)41-19-48(68(89,90)91)28-49(20-41)69(92,93)94/h1-30H. The lowest BCUT2D eigenvalue weighted by Crippen LogP contribution is -2.12. The van der Waals surface area contributed by atoms with Crippen LogP contribution in [0.4, 0.5) is 119 Å². The SMILES string of the molecule is N#Cc1cccc(-c2c(-n3c4cc(-c5cc(C(F)(F)F)cc(C(F)(F)F)c5)ccc4c4ccc(-c5cc(C(F)(F)F)cc(C(F)(F)F)c5)cc43)cc(C(F)(F)F)cc2-n2c3cc(-c4cc(C(F)(F)F)cc(C(F)(F)F)c4)ccc3c3ccc(-c4cc(C(F)(F)F)cc(C(F)(F)F)c4)cc32)c1. The monoisotopic (exact) mass is 1430 g/mol. The zero-order chi connectivity index (χ0) is 72.9. The van der Waals surface area contributed by atoms with Gasteiger partial charge in [-0.1, -0.05) is 60.7 Å². The zero-order valence-electron chi connectivity index (χ0n) is 48.9. The number of hydrogen-bond donors (Lipinski definition) is 0. The molecule has 100 heavy (non-hydrogen) atoms. The van der Waals surface area contributed by atoms with Crippen LogP contribution in [0.3, 0.4) is 0 Å². The molecule has 0 aliphatic carbocycles. The lowest BCUT2D eigenvalue weighted by atomic mass is 9.95. The Kier molecular flexibility index (Phi) is 16.1. The van der Waals surface area contributed by atoms with Crippen LogP contribution in [0.2, 0.25) is 0 Å². The second-order valence-electron chi connectivity index (χ2n) is 22.9. The van der Waals surface area contributed by atoms with Gasteiger partial charge in [-0.3, -0.25) is 0 Å². The third-order valence-electron chi connectivity index (χ3n) is 16.4. The molecule has 30 heteroatoms. The molecule has 3 nitrogen and oxygen atoms in total. The maximum Gasteiger partial charge on any atom is 0.416 e. The van der Waals surface area contributed by atoms with E-state index in [1.807, 2.05) is 0 Å². The third kappa shape index (κ3) is 13.1. The van der Waals surface area contributed by atoms with Crippen molar-refractivity contribution in [2.24, 2.45) is 0 Å². The van der Waals surface area contributed by atoms with Gasteiger partial charge in [-0.25, -0.2) is 0 Å². The van der Waals surface area contributed by atoms with E-state index < -0.39 is 195 Å². The number of benzene rings is 10. The second-order valence-corrected chi connectivity index (χ2v) is 22.9. The van der Waals surface area contributed by atoms with Gasteiger partial charge in [0.25, 0.3) is 0 Å². The number of hydrogen-bond acceptors (Lipinski definition) is 1. The van der Waals surface area contributed by atoms with Crippen molar-refractivity contribution in [1.82, 2.24) is 9.13 Å². The zero-order valence-corrected chi connectivity index (χ0v) is 48.9. The van der Waals surface area contributed by atoms with Crippen LogP contribution in [0.5, 0.6) is 0 Å². The average Bonchev–Trinajstić information content (AvgIpc) is 1.54. The minimum Gasteiger partial charge on any atom is -0.308 e. The van der Waals surface area contributed by atoms with Crippen molar-refractivity contribution in [3.05, 3.63) is 238 Å². The van der Waals surface area contributed by atoms with Crippen molar-refractivity contribution >= 4 is 43.6 Å². The highest BCUT2D eigenvalue weighted by molar-refractivity contribution is 6.14. The van der Waals surface area contributed by atoms with Crippen molar-refractivity contribution in [1.29, 1.82) is 5.26 Å². The number of alkyl halides is 27. The van der Waals surface area contributed by atoms with E-state index in [1.165, 1.54) is 0 Å². The van der Waals surface area contributed by atoms with E-state index in [-0.39, 0.29) is 99.9 Å². The fourth-order valence-corrected chi connectivity index (χ4v) is 11.9. The van der Waals surface area contributed by atoms with E-state index in [0.717, 1.165) is 106 Å². The van der Waals surface area contributed by atoms with Crippen LogP contribution in [-0.4, -0.2) is 9.13 Å². The van der Waals surface area contributed by atoms with Crippen molar-refractivity contribution in [3.8, 4) is 73.1 Å². The molecule has 0 amide bonds. The highest BCUT2D eigenvalue weighted by Crippen LogP contribution is 2.51. The number of aromatic nitrogens is 2. The number of rotatable bonds is 7. The Morgan fingerprint density at radius 1 is 0.220 bits per heavy atom. The van der Waals surface area contributed by atoms with Gasteiger partial charge in [-0.2, -0.15) is 124 Å². The molecule has 0 saturated carbocycles. The second kappa shape index (κ2) is 23.3. The van der Waals surface area contributed by atoms with E-state index in [4.69, 9.17) is 0 Å². The first kappa shape index (κ1) is 69.3. The molecule has 0 spiro atoms. The highest BCUT2D eigenvalue weighted by Gasteiger charge is 2.43.